The summed E-state index contributed by atoms with van der Waals surface area (Å²) < 4.78 is 4.54. The third kappa shape index (κ3) is 4.31. The van der Waals surface area contributed by atoms with Crippen molar-refractivity contribution in [2.24, 2.45) is 11.3 Å². The Morgan fingerprint density at radius 2 is 1.62 bits per heavy atom. The number of ether oxygens (including phenoxy) is 1. The van der Waals surface area contributed by atoms with E-state index < -0.39 is 22.9 Å². The Hall–Kier alpha value is -0.900. The third-order valence-electron chi connectivity index (χ3n) is 2.51. The molecule has 0 aromatic carbocycles. The van der Waals surface area contributed by atoms with E-state index in [4.69, 9.17) is 0 Å². The Morgan fingerprint density at radius 3 is 1.88 bits per heavy atom. The van der Waals surface area contributed by atoms with E-state index in [1.54, 1.807) is 20.8 Å². The van der Waals surface area contributed by atoms with Crippen molar-refractivity contribution < 1.29 is 19.4 Å². The molecule has 0 aliphatic carbocycles. The van der Waals surface area contributed by atoms with Crippen LogP contribution in [0.5, 0.6) is 0 Å². The van der Waals surface area contributed by atoms with E-state index >= 15 is 0 Å². The van der Waals surface area contributed by atoms with Gasteiger partial charge in [-0.05, 0) is 13.8 Å². The number of carbonyl (C=O) groups excluding carboxylic acids is 2. The maximum absolute atomic E-state index is 12.1. The summed E-state index contributed by atoms with van der Waals surface area (Å²) in [5.41, 5.74) is -1.81. The molecule has 4 heteroatoms. The van der Waals surface area contributed by atoms with Crippen molar-refractivity contribution in [1.82, 2.24) is 0 Å². The molecule has 0 aromatic rings. The Bertz CT molecular complexity index is 268. The van der Waals surface area contributed by atoms with Gasteiger partial charge in [0.15, 0.2) is 0 Å². The molecule has 16 heavy (non-hydrogen) atoms. The average molecular weight is 230 g/mol. The van der Waals surface area contributed by atoms with Gasteiger partial charge in [-0.2, -0.15) is 0 Å². The van der Waals surface area contributed by atoms with Gasteiger partial charge in [-0.15, -0.1) is 0 Å². The minimum Gasteiger partial charge on any atom is -0.469 e. The summed E-state index contributed by atoms with van der Waals surface area (Å²) in [5, 5.41) is 9.93. The topological polar surface area (TPSA) is 63.6 Å². The van der Waals surface area contributed by atoms with E-state index in [9.17, 15) is 14.7 Å². The molecule has 0 aliphatic heterocycles. The molecule has 0 saturated heterocycles. The number of hydrogen-bond acceptors (Lipinski definition) is 4. The molecule has 0 saturated carbocycles. The highest BCUT2D eigenvalue weighted by molar-refractivity contribution is 5.90. The first kappa shape index (κ1) is 15.1. The van der Waals surface area contributed by atoms with E-state index in [1.807, 2.05) is 0 Å². The van der Waals surface area contributed by atoms with Crippen LogP contribution in [-0.4, -0.2) is 29.6 Å². The number of carbonyl (C=O) groups is 2. The van der Waals surface area contributed by atoms with Crippen molar-refractivity contribution in [2.75, 3.05) is 7.11 Å². The van der Waals surface area contributed by atoms with Gasteiger partial charge in [-0.1, -0.05) is 20.8 Å². The van der Waals surface area contributed by atoms with Crippen LogP contribution in [0, 0.1) is 11.3 Å². The molecule has 1 atom stereocenters. The molecule has 0 aliphatic rings. The highest BCUT2D eigenvalue weighted by Gasteiger charge is 2.40. The van der Waals surface area contributed by atoms with E-state index in [1.165, 1.54) is 21.0 Å². The molecular formula is C12H22O4. The first-order valence-electron chi connectivity index (χ1n) is 5.33. The normalized spacial score (nSPS) is 14.4. The van der Waals surface area contributed by atoms with Crippen LogP contribution in [0.3, 0.4) is 0 Å². The van der Waals surface area contributed by atoms with Gasteiger partial charge in [-0.3, -0.25) is 9.59 Å². The first-order chi connectivity index (χ1) is 7.00. The van der Waals surface area contributed by atoms with Crippen molar-refractivity contribution in [3.05, 3.63) is 0 Å². The summed E-state index contributed by atoms with van der Waals surface area (Å²) in [7, 11) is 1.27. The molecule has 0 amide bonds. The fourth-order valence-electron chi connectivity index (χ4n) is 1.44. The zero-order chi connectivity index (χ0) is 13.1. The minimum atomic E-state index is -1.22. The van der Waals surface area contributed by atoms with Crippen LogP contribution in [0.4, 0.5) is 0 Å². The fourth-order valence-corrected chi connectivity index (χ4v) is 1.44. The van der Waals surface area contributed by atoms with Gasteiger partial charge in [0.2, 0.25) is 0 Å². The molecular weight excluding hydrogens is 208 g/mol. The number of esters is 1. The number of Topliss-reactive ketones (excluding diaryl/α,β-unsaturated/α-hetero) is 1. The summed E-state index contributed by atoms with van der Waals surface area (Å²) in [5.74, 6) is -1.35. The molecule has 0 heterocycles. The molecule has 4 nitrogen and oxygen atoms in total. The Labute approximate surface area is 97.0 Å². The molecule has 0 aromatic heterocycles. The maximum atomic E-state index is 12.1. The van der Waals surface area contributed by atoms with E-state index in [0.717, 1.165) is 0 Å². The van der Waals surface area contributed by atoms with Crippen LogP contribution >= 0.6 is 0 Å². The van der Waals surface area contributed by atoms with E-state index in [0.29, 0.717) is 0 Å². The number of rotatable bonds is 4. The second-order valence-electron chi connectivity index (χ2n) is 5.60. The van der Waals surface area contributed by atoms with Crippen molar-refractivity contribution in [3.63, 3.8) is 0 Å². The zero-order valence-corrected chi connectivity index (χ0v) is 11.0. The first-order valence-corrected chi connectivity index (χ1v) is 5.33. The van der Waals surface area contributed by atoms with Gasteiger partial charge in [0.05, 0.1) is 25.0 Å². The van der Waals surface area contributed by atoms with Gasteiger partial charge in [-0.25, -0.2) is 0 Å². The molecule has 94 valence electrons. The van der Waals surface area contributed by atoms with Gasteiger partial charge in [0, 0.05) is 5.41 Å². The van der Waals surface area contributed by atoms with Gasteiger partial charge in [0.1, 0.15) is 5.78 Å². The lowest BCUT2D eigenvalue weighted by molar-refractivity contribution is -0.151. The number of ketones is 1. The van der Waals surface area contributed by atoms with Gasteiger partial charge in [0.25, 0.3) is 0 Å². The molecule has 0 rings (SSSR count). The average Bonchev–Trinajstić information content (AvgIpc) is 2.09. The molecule has 0 fully saturated rings. The number of methoxy groups -OCH3 is 1. The lowest BCUT2D eigenvalue weighted by Crippen LogP contribution is -2.43. The van der Waals surface area contributed by atoms with Crippen molar-refractivity contribution in [3.8, 4) is 0 Å². The van der Waals surface area contributed by atoms with E-state index in [-0.39, 0.29) is 12.2 Å². The molecule has 0 bridgehead atoms. The van der Waals surface area contributed by atoms with Crippen LogP contribution < -0.4 is 0 Å². The van der Waals surface area contributed by atoms with Gasteiger partial charge < -0.3 is 9.84 Å². The highest BCUT2D eigenvalue weighted by Crippen LogP contribution is 2.30. The van der Waals surface area contributed by atoms with Crippen LogP contribution in [0.25, 0.3) is 0 Å². The minimum absolute atomic E-state index is 0.0872. The highest BCUT2D eigenvalue weighted by atomic mass is 16.5. The second kappa shape index (κ2) is 4.95. The molecule has 0 unspecified atom stereocenters. The maximum Gasteiger partial charge on any atom is 0.306 e. The largest absolute Gasteiger partial charge is 0.469 e. The zero-order valence-electron chi connectivity index (χ0n) is 11.0. The summed E-state index contributed by atoms with van der Waals surface area (Å²) in [4.78, 5) is 23.3. The third-order valence-corrected chi connectivity index (χ3v) is 2.51. The van der Waals surface area contributed by atoms with Gasteiger partial charge >= 0.3 is 5.97 Å². The predicted molar refractivity (Wildman–Crippen MR) is 60.9 cm³/mol. The fraction of sp³-hybridized carbons (Fsp3) is 0.833. The summed E-state index contributed by atoms with van der Waals surface area (Å²) in [6, 6.07) is 0. The number of aliphatic hydroxyl groups is 1. The summed E-state index contributed by atoms with van der Waals surface area (Å²) in [6.07, 6.45) is -0.0872. The van der Waals surface area contributed by atoms with Crippen LogP contribution in [0.15, 0.2) is 0 Å². The lowest BCUT2D eigenvalue weighted by Gasteiger charge is -2.32. The SMILES string of the molecule is COC(=O)C[C@H](C(=O)C(C)(C)C)C(C)(C)O. The van der Waals surface area contributed by atoms with Crippen LogP contribution in [0.1, 0.15) is 41.0 Å². The van der Waals surface area contributed by atoms with Crippen LogP contribution in [0.2, 0.25) is 0 Å². The molecule has 0 spiro atoms. The van der Waals surface area contributed by atoms with Crippen molar-refractivity contribution >= 4 is 11.8 Å². The monoisotopic (exact) mass is 230 g/mol. The van der Waals surface area contributed by atoms with Crippen molar-refractivity contribution in [2.45, 2.75) is 46.6 Å². The lowest BCUT2D eigenvalue weighted by atomic mass is 9.75. The second-order valence-corrected chi connectivity index (χ2v) is 5.60. The standard InChI is InChI=1S/C12H22O4/c1-11(2,3)10(14)8(12(4,5)15)7-9(13)16-6/h8,15H,7H2,1-6H3/t8-/m1/s1. The predicted octanol–water partition coefficient (Wildman–Crippen LogP) is 1.55. The number of hydrogen-bond donors (Lipinski definition) is 1. The molecule has 1 N–H and O–H groups in total. The Kier molecular flexibility index (Phi) is 4.68. The van der Waals surface area contributed by atoms with Crippen LogP contribution in [-0.2, 0) is 14.3 Å². The summed E-state index contributed by atoms with van der Waals surface area (Å²) >= 11 is 0. The molecule has 0 radical (unpaired) electrons. The van der Waals surface area contributed by atoms with E-state index in [2.05, 4.69) is 4.74 Å². The van der Waals surface area contributed by atoms with Crippen molar-refractivity contribution in [1.29, 1.82) is 0 Å². The summed E-state index contributed by atoms with van der Waals surface area (Å²) in [6.45, 7) is 8.37. The Balaban J connectivity index is 4.98. The smallest absolute Gasteiger partial charge is 0.306 e. The Morgan fingerprint density at radius 1 is 1.19 bits per heavy atom. The quantitative estimate of drug-likeness (QED) is 0.744.